The second-order valence-electron chi connectivity index (χ2n) is 10.2. The van der Waals surface area contributed by atoms with Crippen molar-refractivity contribution in [1.29, 1.82) is 0 Å². The summed E-state index contributed by atoms with van der Waals surface area (Å²) >= 11 is 0. The van der Waals surface area contributed by atoms with Crippen LogP contribution >= 0.6 is 0 Å². The van der Waals surface area contributed by atoms with Gasteiger partial charge in [-0.05, 0) is 55.6 Å². The minimum Gasteiger partial charge on any atom is -0.367 e. The van der Waals surface area contributed by atoms with Crippen LogP contribution in [0.5, 0.6) is 0 Å². The minimum atomic E-state index is -0.0757. The van der Waals surface area contributed by atoms with E-state index in [1.165, 1.54) is 19.3 Å². The smallest absolute Gasteiger partial charge is 0.270 e. The van der Waals surface area contributed by atoms with Crippen molar-refractivity contribution in [3.63, 3.8) is 0 Å². The molecule has 1 aromatic rings. The van der Waals surface area contributed by atoms with Gasteiger partial charge in [-0.3, -0.25) is 9.69 Å². The zero-order valence-electron chi connectivity index (χ0n) is 18.3. The van der Waals surface area contributed by atoms with Crippen molar-refractivity contribution in [2.75, 3.05) is 31.1 Å². The standard InChI is InChI=1S/C23H37N5O/c1-23(2,3)16-4-7-18(14-16)27-10-12-28(13-11-27)21-9-8-19(26-20(21)15-24)22(29)25-17-5-6-17/h8-9,16-18H,4-7,10-15,24H2,1-3H3,(H,25,29). The fraction of sp³-hybridized carbons (Fsp3) is 0.739. The van der Waals surface area contributed by atoms with Crippen LogP contribution in [0.2, 0.25) is 0 Å². The van der Waals surface area contributed by atoms with Crippen LogP contribution < -0.4 is 16.0 Å². The fourth-order valence-corrected chi connectivity index (χ4v) is 4.95. The van der Waals surface area contributed by atoms with Gasteiger partial charge in [0.25, 0.3) is 5.91 Å². The van der Waals surface area contributed by atoms with E-state index in [-0.39, 0.29) is 5.91 Å². The molecule has 1 aromatic heterocycles. The van der Waals surface area contributed by atoms with E-state index in [1.807, 2.05) is 12.1 Å². The second kappa shape index (κ2) is 8.23. The first kappa shape index (κ1) is 20.6. The van der Waals surface area contributed by atoms with E-state index >= 15 is 0 Å². The summed E-state index contributed by atoms with van der Waals surface area (Å²) in [6, 6.07) is 4.97. The molecule has 160 valence electrons. The van der Waals surface area contributed by atoms with E-state index in [0.717, 1.165) is 62.4 Å². The summed E-state index contributed by atoms with van der Waals surface area (Å²) in [5.41, 5.74) is 8.82. The van der Waals surface area contributed by atoms with E-state index in [0.29, 0.717) is 23.7 Å². The Hall–Kier alpha value is -1.66. The highest BCUT2D eigenvalue weighted by Gasteiger charge is 2.36. The van der Waals surface area contributed by atoms with Gasteiger partial charge in [-0.25, -0.2) is 4.98 Å². The maximum Gasteiger partial charge on any atom is 0.270 e. The monoisotopic (exact) mass is 399 g/mol. The molecule has 0 spiro atoms. The number of hydrogen-bond donors (Lipinski definition) is 2. The molecule has 2 aliphatic carbocycles. The lowest BCUT2D eigenvalue weighted by molar-refractivity contribution is 0.0946. The zero-order valence-corrected chi connectivity index (χ0v) is 18.3. The highest BCUT2D eigenvalue weighted by atomic mass is 16.2. The van der Waals surface area contributed by atoms with Gasteiger partial charge in [0.1, 0.15) is 5.69 Å². The van der Waals surface area contributed by atoms with Crippen LogP contribution in [0.3, 0.4) is 0 Å². The molecule has 3 aliphatic rings. The molecule has 2 atom stereocenters. The van der Waals surface area contributed by atoms with Crippen molar-refractivity contribution in [3.05, 3.63) is 23.5 Å². The first-order valence-electron chi connectivity index (χ1n) is 11.3. The highest BCUT2D eigenvalue weighted by molar-refractivity contribution is 5.93. The number of piperazine rings is 1. The van der Waals surface area contributed by atoms with E-state index in [4.69, 9.17) is 5.73 Å². The number of nitrogens with zero attached hydrogens (tertiary/aromatic N) is 3. The summed E-state index contributed by atoms with van der Waals surface area (Å²) in [6.07, 6.45) is 6.19. The fourth-order valence-electron chi connectivity index (χ4n) is 4.95. The number of nitrogens with one attached hydrogen (secondary N) is 1. The Bertz CT molecular complexity index is 731. The summed E-state index contributed by atoms with van der Waals surface area (Å²) in [5, 5.41) is 3.01. The van der Waals surface area contributed by atoms with Crippen LogP contribution in [0.4, 0.5) is 5.69 Å². The number of anilines is 1. The Morgan fingerprint density at radius 2 is 1.86 bits per heavy atom. The normalized spacial score (nSPS) is 26.0. The number of rotatable bonds is 5. The van der Waals surface area contributed by atoms with Crippen LogP contribution in [0.15, 0.2) is 12.1 Å². The van der Waals surface area contributed by atoms with Crippen molar-refractivity contribution in [3.8, 4) is 0 Å². The Balaban J connectivity index is 1.36. The molecule has 29 heavy (non-hydrogen) atoms. The molecule has 3 fully saturated rings. The summed E-state index contributed by atoms with van der Waals surface area (Å²) < 4.78 is 0. The van der Waals surface area contributed by atoms with Gasteiger partial charge in [-0.2, -0.15) is 0 Å². The Morgan fingerprint density at radius 1 is 1.14 bits per heavy atom. The van der Waals surface area contributed by atoms with Crippen LogP contribution in [0, 0.1) is 11.3 Å². The van der Waals surface area contributed by atoms with Crippen LogP contribution in [-0.2, 0) is 6.54 Å². The number of nitrogens with two attached hydrogens (primary N) is 1. The van der Waals surface area contributed by atoms with Crippen molar-refractivity contribution in [1.82, 2.24) is 15.2 Å². The quantitative estimate of drug-likeness (QED) is 0.796. The molecule has 1 saturated heterocycles. The Kier molecular flexibility index (Phi) is 5.85. The molecular weight excluding hydrogens is 362 g/mol. The second-order valence-corrected chi connectivity index (χ2v) is 10.2. The average molecular weight is 400 g/mol. The molecule has 2 unspecified atom stereocenters. The predicted octanol–water partition coefficient (Wildman–Crippen LogP) is 2.77. The van der Waals surface area contributed by atoms with Gasteiger partial charge in [0.05, 0.1) is 11.4 Å². The number of pyridine rings is 1. The molecule has 3 N–H and O–H groups in total. The van der Waals surface area contributed by atoms with E-state index in [2.05, 4.69) is 40.9 Å². The average Bonchev–Trinajstić information content (AvgIpc) is 3.37. The van der Waals surface area contributed by atoms with Crippen molar-refractivity contribution in [2.24, 2.45) is 17.1 Å². The highest BCUT2D eigenvalue weighted by Crippen LogP contribution is 2.41. The van der Waals surface area contributed by atoms with Crippen molar-refractivity contribution >= 4 is 11.6 Å². The summed E-state index contributed by atoms with van der Waals surface area (Å²) in [7, 11) is 0. The molecule has 2 saturated carbocycles. The first-order chi connectivity index (χ1) is 13.8. The molecule has 1 amide bonds. The van der Waals surface area contributed by atoms with Crippen LogP contribution in [0.1, 0.15) is 69.1 Å². The number of aromatic nitrogens is 1. The molecular formula is C23H37N5O. The maximum atomic E-state index is 12.3. The minimum absolute atomic E-state index is 0.0757. The van der Waals surface area contributed by atoms with Gasteiger partial charge in [0.2, 0.25) is 0 Å². The molecule has 6 nitrogen and oxygen atoms in total. The van der Waals surface area contributed by atoms with Crippen molar-refractivity contribution < 1.29 is 4.79 Å². The maximum absolute atomic E-state index is 12.3. The first-order valence-corrected chi connectivity index (χ1v) is 11.3. The zero-order chi connectivity index (χ0) is 20.6. The SMILES string of the molecule is CC(C)(C)C1CCC(N2CCN(c3ccc(C(=O)NC4CC4)nc3CN)CC2)C1. The number of carbonyl (C=O) groups is 1. The van der Waals surface area contributed by atoms with E-state index in [1.54, 1.807) is 0 Å². The summed E-state index contributed by atoms with van der Waals surface area (Å²) in [4.78, 5) is 22.0. The lowest BCUT2D eigenvalue weighted by Crippen LogP contribution is -2.50. The third kappa shape index (κ3) is 4.75. The van der Waals surface area contributed by atoms with Gasteiger partial charge >= 0.3 is 0 Å². The van der Waals surface area contributed by atoms with E-state index < -0.39 is 0 Å². The lowest BCUT2D eigenvalue weighted by atomic mass is 9.79. The lowest BCUT2D eigenvalue weighted by Gasteiger charge is -2.40. The summed E-state index contributed by atoms with van der Waals surface area (Å²) in [6.45, 7) is 11.7. The largest absolute Gasteiger partial charge is 0.367 e. The molecule has 0 radical (unpaired) electrons. The van der Waals surface area contributed by atoms with Gasteiger partial charge < -0.3 is 16.0 Å². The molecule has 2 heterocycles. The third-order valence-corrected chi connectivity index (χ3v) is 7.09. The number of hydrogen-bond acceptors (Lipinski definition) is 5. The molecule has 1 aliphatic heterocycles. The topological polar surface area (TPSA) is 74.5 Å². The predicted molar refractivity (Wildman–Crippen MR) is 117 cm³/mol. The van der Waals surface area contributed by atoms with Gasteiger partial charge in [-0.15, -0.1) is 0 Å². The third-order valence-electron chi connectivity index (χ3n) is 7.09. The molecule has 4 rings (SSSR count). The van der Waals surface area contributed by atoms with Crippen LogP contribution in [0.25, 0.3) is 0 Å². The Labute approximate surface area is 175 Å². The van der Waals surface area contributed by atoms with Gasteiger partial charge in [0.15, 0.2) is 0 Å². The van der Waals surface area contributed by atoms with Gasteiger partial charge in [-0.1, -0.05) is 20.8 Å². The Morgan fingerprint density at radius 3 is 2.45 bits per heavy atom. The van der Waals surface area contributed by atoms with Gasteiger partial charge in [0, 0.05) is 44.8 Å². The molecule has 0 bridgehead atoms. The van der Waals surface area contributed by atoms with E-state index in [9.17, 15) is 4.79 Å². The molecule has 6 heteroatoms. The molecule has 0 aromatic carbocycles. The number of amides is 1. The summed E-state index contributed by atoms with van der Waals surface area (Å²) in [5.74, 6) is 0.765. The van der Waals surface area contributed by atoms with Crippen LogP contribution in [-0.4, -0.2) is 54.1 Å². The van der Waals surface area contributed by atoms with Crippen molar-refractivity contribution in [2.45, 2.75) is 71.5 Å². The number of carbonyl (C=O) groups excluding carboxylic acids is 1.